The molecule has 1 heterocycles. The molecule has 0 radical (unpaired) electrons. The van der Waals surface area contributed by atoms with Crippen molar-refractivity contribution in [2.45, 2.75) is 18.9 Å². The second-order valence-electron chi connectivity index (χ2n) is 3.30. The Labute approximate surface area is 76.3 Å². The molecule has 74 valence electrons. The van der Waals surface area contributed by atoms with E-state index in [0.717, 1.165) is 25.9 Å². The maximum Gasteiger partial charge on any atom is 0.314 e. The van der Waals surface area contributed by atoms with Crippen molar-refractivity contribution in [2.75, 3.05) is 27.2 Å². The highest BCUT2D eigenvalue weighted by atomic mass is 16.2. The van der Waals surface area contributed by atoms with Crippen LogP contribution in [-0.2, 0) is 0 Å². The SMILES string of the molecule is CNC(=O)NC1CCN(C)CC1.[HH].[HH]. The van der Waals surface area contributed by atoms with Gasteiger partial charge in [0.2, 0.25) is 0 Å². The third-order valence-corrected chi connectivity index (χ3v) is 2.28. The summed E-state index contributed by atoms with van der Waals surface area (Å²) in [4.78, 5) is 13.2. The van der Waals surface area contributed by atoms with Crippen molar-refractivity contribution in [2.24, 2.45) is 0 Å². The topological polar surface area (TPSA) is 44.4 Å². The van der Waals surface area contributed by atoms with Crippen molar-refractivity contribution < 1.29 is 7.65 Å². The molecule has 0 aromatic carbocycles. The Morgan fingerprint density at radius 3 is 2.58 bits per heavy atom. The lowest BCUT2D eigenvalue weighted by Gasteiger charge is -2.29. The minimum atomic E-state index is -0.0652. The van der Waals surface area contributed by atoms with Crippen molar-refractivity contribution in [3.05, 3.63) is 0 Å². The van der Waals surface area contributed by atoms with Crippen molar-refractivity contribution in [1.29, 1.82) is 0 Å². The number of hydrogen-bond acceptors (Lipinski definition) is 2. The fourth-order valence-corrected chi connectivity index (χ4v) is 1.41. The summed E-state index contributed by atoms with van der Waals surface area (Å²) in [5, 5.41) is 5.47. The Morgan fingerprint density at radius 2 is 2.08 bits per heavy atom. The van der Waals surface area contributed by atoms with Crippen LogP contribution in [0.5, 0.6) is 0 Å². The number of nitrogens with zero attached hydrogens (tertiary/aromatic N) is 1. The van der Waals surface area contributed by atoms with E-state index in [4.69, 9.17) is 0 Å². The number of carbonyl (C=O) groups excluding carboxylic acids is 1. The van der Waals surface area contributed by atoms with E-state index in [9.17, 15) is 4.79 Å². The molecule has 0 aromatic rings. The minimum Gasteiger partial charge on any atom is -0.341 e. The minimum absolute atomic E-state index is 0. The van der Waals surface area contributed by atoms with E-state index in [0.29, 0.717) is 6.04 Å². The Morgan fingerprint density at radius 1 is 1.50 bits per heavy atom. The van der Waals surface area contributed by atoms with E-state index in [1.54, 1.807) is 7.05 Å². The summed E-state index contributed by atoms with van der Waals surface area (Å²) in [5.41, 5.74) is 0. The summed E-state index contributed by atoms with van der Waals surface area (Å²) in [5.74, 6) is 0. The van der Waals surface area contributed by atoms with E-state index < -0.39 is 0 Å². The van der Waals surface area contributed by atoms with Gasteiger partial charge in [0.1, 0.15) is 0 Å². The zero-order chi connectivity index (χ0) is 8.97. The van der Waals surface area contributed by atoms with E-state index in [1.807, 2.05) is 0 Å². The lowest BCUT2D eigenvalue weighted by Crippen LogP contribution is -2.46. The summed E-state index contributed by atoms with van der Waals surface area (Å²) in [6.45, 7) is 2.16. The first-order valence-corrected chi connectivity index (χ1v) is 4.39. The molecule has 0 aromatic heterocycles. The second kappa shape index (κ2) is 4.30. The summed E-state index contributed by atoms with van der Waals surface area (Å²) < 4.78 is 0. The molecule has 2 amide bonds. The number of piperidine rings is 1. The van der Waals surface area contributed by atoms with Crippen molar-refractivity contribution in [1.82, 2.24) is 15.5 Å². The number of rotatable bonds is 1. The molecule has 0 spiro atoms. The predicted octanol–water partition coefficient (Wildman–Crippen LogP) is 0.502. The number of urea groups is 1. The molecule has 0 atom stereocenters. The number of nitrogens with one attached hydrogen (secondary N) is 2. The van der Waals surface area contributed by atoms with Gasteiger partial charge < -0.3 is 15.5 Å². The van der Waals surface area contributed by atoms with Gasteiger partial charge in [-0.25, -0.2) is 4.79 Å². The van der Waals surface area contributed by atoms with Gasteiger partial charge in [-0.2, -0.15) is 0 Å². The van der Waals surface area contributed by atoms with Gasteiger partial charge in [0.05, 0.1) is 0 Å². The zero-order valence-electron chi connectivity index (χ0n) is 7.76. The summed E-state index contributed by atoms with van der Waals surface area (Å²) in [7, 11) is 3.75. The molecular weight excluding hydrogens is 154 g/mol. The maximum absolute atomic E-state index is 10.9. The van der Waals surface area contributed by atoms with Crippen LogP contribution >= 0.6 is 0 Å². The highest BCUT2D eigenvalue weighted by molar-refractivity contribution is 5.73. The van der Waals surface area contributed by atoms with E-state index in [-0.39, 0.29) is 8.88 Å². The van der Waals surface area contributed by atoms with E-state index >= 15 is 0 Å². The van der Waals surface area contributed by atoms with Crippen LogP contribution in [-0.4, -0.2) is 44.2 Å². The second-order valence-corrected chi connectivity index (χ2v) is 3.30. The smallest absolute Gasteiger partial charge is 0.314 e. The largest absolute Gasteiger partial charge is 0.341 e. The molecule has 4 heteroatoms. The standard InChI is InChI=1S/C8H17N3O.2H2/c1-9-8(12)10-7-3-5-11(2)6-4-7;;/h7H,3-6H2,1-2H3,(H2,9,10,12);2*1H. The van der Waals surface area contributed by atoms with Crippen LogP contribution in [0, 0.1) is 0 Å². The van der Waals surface area contributed by atoms with Gasteiger partial charge in [0.25, 0.3) is 0 Å². The first-order chi connectivity index (χ1) is 5.72. The van der Waals surface area contributed by atoms with Crippen LogP contribution in [0.25, 0.3) is 0 Å². The van der Waals surface area contributed by atoms with Crippen LogP contribution in [0.3, 0.4) is 0 Å². The van der Waals surface area contributed by atoms with Crippen LogP contribution in [0.4, 0.5) is 4.79 Å². The number of amides is 2. The van der Waals surface area contributed by atoms with Gasteiger partial charge in [-0.3, -0.25) is 0 Å². The van der Waals surface area contributed by atoms with Crippen molar-refractivity contribution in [3.63, 3.8) is 0 Å². The maximum atomic E-state index is 10.9. The van der Waals surface area contributed by atoms with Gasteiger partial charge in [-0.1, -0.05) is 0 Å². The number of carbonyl (C=O) groups is 1. The van der Waals surface area contributed by atoms with E-state index in [2.05, 4.69) is 22.6 Å². The Kier molecular flexibility index (Phi) is 3.34. The average molecular weight is 175 g/mol. The molecule has 1 rings (SSSR count). The highest BCUT2D eigenvalue weighted by Crippen LogP contribution is 2.07. The van der Waals surface area contributed by atoms with Gasteiger partial charge >= 0.3 is 6.03 Å². The molecule has 12 heavy (non-hydrogen) atoms. The molecule has 1 fully saturated rings. The van der Waals surface area contributed by atoms with E-state index in [1.165, 1.54) is 0 Å². The van der Waals surface area contributed by atoms with Gasteiger partial charge in [0.15, 0.2) is 0 Å². The first kappa shape index (κ1) is 9.32. The highest BCUT2D eigenvalue weighted by Gasteiger charge is 2.17. The molecule has 4 nitrogen and oxygen atoms in total. The molecule has 0 saturated carbocycles. The number of hydrogen-bond donors (Lipinski definition) is 2. The summed E-state index contributed by atoms with van der Waals surface area (Å²) in [6, 6.07) is 0.297. The molecule has 1 aliphatic heterocycles. The fraction of sp³-hybridized carbons (Fsp3) is 0.875. The normalized spacial score (nSPS) is 20.5. The monoisotopic (exact) mass is 175 g/mol. The van der Waals surface area contributed by atoms with Gasteiger partial charge in [-0.15, -0.1) is 0 Å². The molecule has 1 aliphatic rings. The Hall–Kier alpha value is -0.770. The molecule has 0 bridgehead atoms. The molecule has 0 aliphatic carbocycles. The molecule has 2 N–H and O–H groups in total. The lowest BCUT2D eigenvalue weighted by atomic mass is 10.1. The van der Waals surface area contributed by atoms with Gasteiger partial charge in [0, 0.05) is 15.9 Å². The van der Waals surface area contributed by atoms with Crippen LogP contribution < -0.4 is 10.6 Å². The summed E-state index contributed by atoms with van der Waals surface area (Å²) >= 11 is 0. The predicted molar refractivity (Wildman–Crippen MR) is 52.3 cm³/mol. The zero-order valence-corrected chi connectivity index (χ0v) is 7.76. The third-order valence-electron chi connectivity index (χ3n) is 2.28. The van der Waals surface area contributed by atoms with Crippen LogP contribution in [0.2, 0.25) is 0 Å². The quantitative estimate of drug-likeness (QED) is 0.609. The Bertz CT molecular complexity index is 161. The number of likely N-dealkylation sites (tertiary alicyclic amines) is 1. The van der Waals surface area contributed by atoms with Crippen molar-refractivity contribution >= 4 is 6.03 Å². The third kappa shape index (κ3) is 2.70. The molecule has 1 saturated heterocycles. The molecule has 0 unspecified atom stereocenters. The van der Waals surface area contributed by atoms with Gasteiger partial charge in [-0.05, 0) is 33.0 Å². The van der Waals surface area contributed by atoms with Crippen LogP contribution in [0.1, 0.15) is 15.7 Å². The van der Waals surface area contributed by atoms with Crippen molar-refractivity contribution in [3.8, 4) is 0 Å². The molecular formula is C8H21N3O. The lowest BCUT2D eigenvalue weighted by molar-refractivity contribution is 0.215. The Balaban J connectivity index is 0. The van der Waals surface area contributed by atoms with Crippen LogP contribution in [0.15, 0.2) is 0 Å². The fourth-order valence-electron chi connectivity index (χ4n) is 1.41. The summed E-state index contributed by atoms with van der Waals surface area (Å²) in [6.07, 6.45) is 2.12. The first-order valence-electron chi connectivity index (χ1n) is 4.39. The average Bonchev–Trinajstić information content (AvgIpc) is 2.09.